The van der Waals surface area contributed by atoms with Crippen molar-refractivity contribution in [1.29, 1.82) is 5.26 Å². The van der Waals surface area contributed by atoms with Crippen molar-refractivity contribution in [3.8, 4) is 6.07 Å². The van der Waals surface area contributed by atoms with Crippen LogP contribution in [0.15, 0.2) is 52.2 Å². The van der Waals surface area contributed by atoms with Crippen molar-refractivity contribution < 1.29 is 18.8 Å². The van der Waals surface area contributed by atoms with Crippen LogP contribution in [0.25, 0.3) is 10.9 Å². The maximum absolute atomic E-state index is 13.6. The van der Waals surface area contributed by atoms with Crippen molar-refractivity contribution in [1.82, 2.24) is 14.8 Å². The number of rotatable bonds is 7. The van der Waals surface area contributed by atoms with Gasteiger partial charge in [0.25, 0.3) is 0 Å². The molecule has 2 atom stereocenters. The Labute approximate surface area is 230 Å². The number of aromatic nitrogens is 1. The van der Waals surface area contributed by atoms with Gasteiger partial charge in [-0.25, -0.2) is 0 Å². The maximum atomic E-state index is 13.6. The van der Waals surface area contributed by atoms with Gasteiger partial charge < -0.3 is 24.5 Å². The molecule has 2 N–H and O–H groups in total. The SMILES string of the molecule is N#CC(C(=O)c1ccco1)C(=N[C@H]1CCCCN(CC(=O)N2CCCC2)C1=O)Nc1cccc2c(Cl)c[nH]c12. The lowest BCUT2D eigenvalue weighted by atomic mass is 10.0. The number of carbonyl (C=O) groups is 3. The molecule has 2 aliphatic heterocycles. The molecule has 1 aromatic carbocycles. The first-order valence-corrected chi connectivity index (χ1v) is 13.5. The van der Waals surface area contributed by atoms with Crippen LogP contribution in [0.4, 0.5) is 5.69 Å². The molecule has 2 amide bonds. The number of anilines is 1. The van der Waals surface area contributed by atoms with Crippen LogP contribution in [0.3, 0.4) is 0 Å². The molecule has 0 radical (unpaired) electrons. The monoisotopic (exact) mass is 548 g/mol. The number of nitrogens with zero attached hydrogens (tertiary/aromatic N) is 4. The van der Waals surface area contributed by atoms with Gasteiger partial charge in [0.15, 0.2) is 11.7 Å². The number of Topliss-reactive ketones (excluding diaryl/α,β-unsaturated/α-hetero) is 1. The van der Waals surface area contributed by atoms with E-state index in [-0.39, 0.29) is 30.0 Å². The second-order valence-electron chi connectivity index (χ2n) is 9.77. The molecule has 0 saturated carbocycles. The van der Waals surface area contributed by atoms with Gasteiger partial charge in [-0.3, -0.25) is 19.4 Å². The minimum absolute atomic E-state index is 0.000894. The number of aromatic amines is 1. The molecular weight excluding hydrogens is 520 g/mol. The molecule has 1 unspecified atom stereocenters. The van der Waals surface area contributed by atoms with Crippen molar-refractivity contribution in [3.05, 3.63) is 53.6 Å². The number of hydrogen-bond acceptors (Lipinski definition) is 6. The average molecular weight is 549 g/mol. The minimum atomic E-state index is -1.35. The van der Waals surface area contributed by atoms with Crippen LogP contribution in [-0.4, -0.2) is 70.4 Å². The molecule has 2 saturated heterocycles. The van der Waals surface area contributed by atoms with E-state index >= 15 is 0 Å². The van der Waals surface area contributed by atoms with Crippen molar-refractivity contribution in [3.63, 3.8) is 0 Å². The number of amidine groups is 1. The van der Waals surface area contributed by atoms with Gasteiger partial charge in [0.1, 0.15) is 11.9 Å². The average Bonchev–Trinajstić information content (AvgIpc) is 3.71. The summed E-state index contributed by atoms with van der Waals surface area (Å²) in [5.74, 6) is -2.24. The number of nitriles is 1. The molecule has 2 aliphatic rings. The number of furan rings is 1. The van der Waals surface area contributed by atoms with E-state index in [1.807, 2.05) is 12.1 Å². The van der Waals surface area contributed by atoms with Crippen LogP contribution in [0.1, 0.15) is 42.7 Å². The number of carbonyl (C=O) groups excluding carboxylic acids is 3. The van der Waals surface area contributed by atoms with Gasteiger partial charge in [-0.1, -0.05) is 23.7 Å². The molecule has 2 aromatic heterocycles. The predicted octanol–water partition coefficient (Wildman–Crippen LogP) is 4.25. The highest BCUT2D eigenvalue weighted by Crippen LogP contribution is 2.29. The number of para-hydroxylation sites is 1. The van der Waals surface area contributed by atoms with E-state index in [0.29, 0.717) is 48.7 Å². The summed E-state index contributed by atoms with van der Waals surface area (Å²) in [5, 5.41) is 14.5. The van der Waals surface area contributed by atoms with Gasteiger partial charge in [0.05, 0.1) is 35.1 Å². The molecule has 39 heavy (non-hydrogen) atoms. The van der Waals surface area contributed by atoms with E-state index in [2.05, 4.69) is 10.3 Å². The van der Waals surface area contributed by atoms with Gasteiger partial charge >= 0.3 is 0 Å². The number of nitrogens with one attached hydrogen (secondary N) is 2. The zero-order valence-corrected chi connectivity index (χ0v) is 22.1. The Morgan fingerprint density at radius 2 is 1.97 bits per heavy atom. The number of amides is 2. The summed E-state index contributed by atoms with van der Waals surface area (Å²) >= 11 is 6.30. The summed E-state index contributed by atoms with van der Waals surface area (Å²) in [6.45, 7) is 1.88. The topological polar surface area (TPSA) is 135 Å². The zero-order valence-electron chi connectivity index (χ0n) is 21.4. The van der Waals surface area contributed by atoms with Crippen molar-refractivity contribution in [2.24, 2.45) is 10.9 Å². The van der Waals surface area contributed by atoms with Crippen molar-refractivity contribution in [2.45, 2.75) is 38.1 Å². The van der Waals surface area contributed by atoms with E-state index in [4.69, 9.17) is 21.0 Å². The summed E-state index contributed by atoms with van der Waals surface area (Å²) in [6.07, 6.45) is 6.84. The van der Waals surface area contributed by atoms with E-state index in [9.17, 15) is 19.6 Å². The minimum Gasteiger partial charge on any atom is -0.461 e. The van der Waals surface area contributed by atoms with E-state index in [1.165, 1.54) is 12.3 Å². The molecule has 3 aromatic rings. The fourth-order valence-electron chi connectivity index (χ4n) is 5.11. The summed E-state index contributed by atoms with van der Waals surface area (Å²) in [4.78, 5) is 50.9. The fourth-order valence-corrected chi connectivity index (χ4v) is 5.32. The molecule has 202 valence electrons. The van der Waals surface area contributed by atoms with Crippen molar-refractivity contribution >= 4 is 51.6 Å². The molecule has 10 nitrogen and oxygen atoms in total. The van der Waals surface area contributed by atoms with Gasteiger partial charge in [-0.15, -0.1) is 0 Å². The Hall–Kier alpha value is -4.10. The smallest absolute Gasteiger partial charge is 0.247 e. The highest BCUT2D eigenvalue weighted by Gasteiger charge is 2.33. The number of likely N-dealkylation sites (tertiary alicyclic amines) is 2. The van der Waals surface area contributed by atoms with Gasteiger partial charge in [0.2, 0.25) is 17.6 Å². The molecular formula is C28H29ClN6O4. The second-order valence-corrected chi connectivity index (χ2v) is 10.2. The largest absolute Gasteiger partial charge is 0.461 e. The van der Waals surface area contributed by atoms with Crippen LogP contribution >= 0.6 is 11.6 Å². The van der Waals surface area contributed by atoms with Crippen LogP contribution in [0, 0.1) is 17.2 Å². The molecule has 0 bridgehead atoms. The number of fused-ring (bicyclic) bond motifs is 1. The lowest BCUT2D eigenvalue weighted by molar-refractivity contribution is -0.140. The van der Waals surface area contributed by atoms with Gasteiger partial charge in [0, 0.05) is 31.2 Å². The normalized spacial score (nSPS) is 19.1. The quantitative estimate of drug-likeness (QED) is 0.257. The van der Waals surface area contributed by atoms with E-state index < -0.39 is 17.7 Å². The van der Waals surface area contributed by atoms with E-state index in [0.717, 1.165) is 24.6 Å². The Kier molecular flexibility index (Phi) is 7.98. The summed E-state index contributed by atoms with van der Waals surface area (Å²) in [6, 6.07) is 9.64. The third-order valence-electron chi connectivity index (χ3n) is 7.19. The second kappa shape index (κ2) is 11.7. The highest BCUT2D eigenvalue weighted by molar-refractivity contribution is 6.36. The molecule has 0 aliphatic carbocycles. The van der Waals surface area contributed by atoms with Gasteiger partial charge in [-0.2, -0.15) is 5.26 Å². The number of H-pyrrole nitrogens is 1. The maximum Gasteiger partial charge on any atom is 0.247 e. The zero-order chi connectivity index (χ0) is 27.4. The number of aliphatic imine (C=N–C) groups is 1. The lowest BCUT2D eigenvalue weighted by Gasteiger charge is -2.25. The first-order valence-electron chi connectivity index (χ1n) is 13.1. The predicted molar refractivity (Wildman–Crippen MR) is 147 cm³/mol. The summed E-state index contributed by atoms with van der Waals surface area (Å²) in [7, 11) is 0. The standard InChI is InChI=1S/C28H29ClN6O4/c29-20-16-31-25-18(20)7-5-9-21(25)32-27(19(15-30)26(37)23-10-6-14-39-23)33-22-8-1-2-13-35(28(22)38)17-24(36)34-11-3-4-12-34/h5-7,9-10,14,16,19,22,31H,1-4,8,11-13,17H2,(H,32,33)/t19?,22-/m0/s1. The van der Waals surface area contributed by atoms with Gasteiger partial charge in [-0.05, 0) is 50.3 Å². The van der Waals surface area contributed by atoms with Crippen LogP contribution < -0.4 is 5.32 Å². The number of hydrogen-bond donors (Lipinski definition) is 2. The first kappa shape index (κ1) is 26.5. The third-order valence-corrected chi connectivity index (χ3v) is 7.50. The Morgan fingerprint density at radius 1 is 1.18 bits per heavy atom. The molecule has 11 heteroatoms. The number of ketones is 1. The Bertz CT molecular complexity index is 1430. The Balaban J connectivity index is 1.48. The van der Waals surface area contributed by atoms with Crippen molar-refractivity contribution in [2.75, 3.05) is 31.5 Å². The summed E-state index contributed by atoms with van der Waals surface area (Å²) in [5.41, 5.74) is 1.22. The van der Waals surface area contributed by atoms with Crippen LogP contribution in [0.2, 0.25) is 5.02 Å². The molecule has 4 heterocycles. The highest BCUT2D eigenvalue weighted by atomic mass is 35.5. The lowest BCUT2D eigenvalue weighted by Crippen LogP contribution is -2.45. The molecule has 5 rings (SSSR count). The number of halogens is 1. The molecule has 2 fully saturated rings. The number of benzene rings is 1. The van der Waals surface area contributed by atoms with Crippen LogP contribution in [0.5, 0.6) is 0 Å². The third kappa shape index (κ3) is 5.68. The fraction of sp³-hybridized carbons (Fsp3) is 0.393. The first-order chi connectivity index (χ1) is 19.0. The Morgan fingerprint density at radius 3 is 2.72 bits per heavy atom. The molecule has 0 spiro atoms. The van der Waals surface area contributed by atoms with Crippen LogP contribution in [-0.2, 0) is 9.59 Å². The van der Waals surface area contributed by atoms with E-state index in [1.54, 1.807) is 34.2 Å². The summed E-state index contributed by atoms with van der Waals surface area (Å²) < 4.78 is 5.27.